The zero-order chi connectivity index (χ0) is 22.5. The highest BCUT2D eigenvalue weighted by Crippen LogP contribution is 2.37. The molecule has 0 spiro atoms. The lowest BCUT2D eigenvalue weighted by molar-refractivity contribution is 0.413. The van der Waals surface area contributed by atoms with Gasteiger partial charge in [-0.15, -0.1) is 0 Å². The molecular formula is C24H24N8. The first-order chi connectivity index (χ1) is 15.3. The van der Waals surface area contributed by atoms with Crippen LogP contribution in [0.5, 0.6) is 0 Å². The highest BCUT2D eigenvalue weighted by atomic mass is 15.3. The molecule has 8 nitrogen and oxygen atoms in total. The molecule has 0 saturated carbocycles. The van der Waals surface area contributed by atoms with E-state index >= 15 is 0 Å². The summed E-state index contributed by atoms with van der Waals surface area (Å²) in [5.74, 6) is 1.94. The summed E-state index contributed by atoms with van der Waals surface area (Å²) in [5, 5.41) is 4.25. The second-order valence-electron chi connectivity index (χ2n) is 8.73. The van der Waals surface area contributed by atoms with Crippen molar-refractivity contribution < 1.29 is 0 Å². The SMILES string of the molecule is Cn1ncnc1-c1ccccc1-c1nc2cc(-c3cnc(N)nc3)ccc2n1C(C)(C)C. The van der Waals surface area contributed by atoms with Crippen LogP contribution in [0.3, 0.4) is 0 Å². The van der Waals surface area contributed by atoms with Gasteiger partial charge >= 0.3 is 0 Å². The lowest BCUT2D eigenvalue weighted by Crippen LogP contribution is -2.22. The Bertz CT molecular complexity index is 1420. The van der Waals surface area contributed by atoms with Crippen LogP contribution in [0.2, 0.25) is 0 Å². The summed E-state index contributed by atoms with van der Waals surface area (Å²) < 4.78 is 4.06. The van der Waals surface area contributed by atoms with Crippen LogP contribution in [-0.4, -0.2) is 34.3 Å². The number of hydrogen-bond donors (Lipinski definition) is 1. The number of rotatable bonds is 3. The van der Waals surface area contributed by atoms with Crippen LogP contribution in [0.4, 0.5) is 5.95 Å². The maximum atomic E-state index is 5.65. The molecule has 5 rings (SSSR count). The Hall–Kier alpha value is -4.07. The largest absolute Gasteiger partial charge is 0.368 e. The second-order valence-corrected chi connectivity index (χ2v) is 8.73. The van der Waals surface area contributed by atoms with E-state index in [-0.39, 0.29) is 11.5 Å². The Kier molecular flexibility index (Phi) is 4.51. The summed E-state index contributed by atoms with van der Waals surface area (Å²) in [4.78, 5) is 17.8. The Labute approximate surface area is 185 Å². The predicted octanol–water partition coefficient (Wildman–Crippen LogP) is 4.29. The molecule has 0 saturated heterocycles. The third kappa shape index (κ3) is 3.30. The van der Waals surface area contributed by atoms with Crippen LogP contribution < -0.4 is 5.73 Å². The molecule has 0 atom stereocenters. The van der Waals surface area contributed by atoms with Crippen molar-refractivity contribution in [2.45, 2.75) is 26.3 Å². The van der Waals surface area contributed by atoms with Crippen molar-refractivity contribution >= 4 is 17.0 Å². The average molecular weight is 425 g/mol. The molecule has 32 heavy (non-hydrogen) atoms. The second kappa shape index (κ2) is 7.26. The predicted molar refractivity (Wildman–Crippen MR) is 126 cm³/mol. The van der Waals surface area contributed by atoms with E-state index < -0.39 is 0 Å². The Morgan fingerprint density at radius 2 is 1.53 bits per heavy atom. The third-order valence-electron chi connectivity index (χ3n) is 5.45. The van der Waals surface area contributed by atoms with Gasteiger partial charge in [0.05, 0.1) is 11.0 Å². The minimum absolute atomic E-state index is 0.192. The summed E-state index contributed by atoms with van der Waals surface area (Å²) in [6.45, 7) is 6.55. The van der Waals surface area contributed by atoms with E-state index in [0.717, 1.165) is 44.9 Å². The van der Waals surface area contributed by atoms with Crippen molar-refractivity contribution in [3.63, 3.8) is 0 Å². The van der Waals surface area contributed by atoms with Gasteiger partial charge in [0.25, 0.3) is 0 Å². The molecule has 0 unspecified atom stereocenters. The van der Waals surface area contributed by atoms with Crippen molar-refractivity contribution in [2.24, 2.45) is 7.05 Å². The molecule has 0 aliphatic rings. The van der Waals surface area contributed by atoms with Gasteiger partial charge in [0.1, 0.15) is 12.2 Å². The van der Waals surface area contributed by atoms with E-state index in [4.69, 9.17) is 10.7 Å². The zero-order valence-corrected chi connectivity index (χ0v) is 18.5. The molecule has 0 aliphatic heterocycles. The van der Waals surface area contributed by atoms with Crippen molar-refractivity contribution in [2.75, 3.05) is 5.73 Å². The van der Waals surface area contributed by atoms with Crippen LogP contribution >= 0.6 is 0 Å². The number of anilines is 1. The molecule has 0 aliphatic carbocycles. The number of nitrogen functional groups attached to an aromatic ring is 1. The monoisotopic (exact) mass is 424 g/mol. The summed E-state index contributed by atoms with van der Waals surface area (Å²) in [6.07, 6.45) is 5.03. The van der Waals surface area contributed by atoms with E-state index in [1.165, 1.54) is 0 Å². The number of aryl methyl sites for hydroxylation is 1. The average Bonchev–Trinajstić information content (AvgIpc) is 3.37. The normalized spacial score (nSPS) is 11.9. The molecule has 8 heteroatoms. The lowest BCUT2D eigenvalue weighted by Gasteiger charge is -2.25. The number of nitrogens with two attached hydrogens (primary N) is 1. The van der Waals surface area contributed by atoms with Crippen LogP contribution in [-0.2, 0) is 12.6 Å². The van der Waals surface area contributed by atoms with E-state index in [1.807, 2.05) is 19.2 Å². The van der Waals surface area contributed by atoms with Gasteiger partial charge in [-0.25, -0.2) is 24.6 Å². The number of imidazole rings is 1. The standard InChI is InChI=1S/C24H24N8/c1-24(2,3)32-20-10-9-15(16-12-26-23(25)27-13-16)11-19(20)30-22(32)18-8-6-5-7-17(18)21-28-14-29-31(21)4/h5-14H,1-4H3,(H2,25,26,27). The minimum atomic E-state index is -0.192. The first-order valence-corrected chi connectivity index (χ1v) is 10.4. The van der Waals surface area contributed by atoms with E-state index in [1.54, 1.807) is 23.4 Å². The van der Waals surface area contributed by atoms with E-state index in [0.29, 0.717) is 0 Å². The molecule has 2 N–H and O–H groups in total. The molecule has 3 aromatic heterocycles. The highest BCUT2D eigenvalue weighted by Gasteiger charge is 2.25. The van der Waals surface area contributed by atoms with Crippen LogP contribution in [0, 0.1) is 0 Å². The molecule has 0 radical (unpaired) electrons. The van der Waals surface area contributed by atoms with Gasteiger partial charge < -0.3 is 10.3 Å². The van der Waals surface area contributed by atoms with Gasteiger partial charge in [-0.1, -0.05) is 30.3 Å². The molecule has 0 bridgehead atoms. The molecule has 2 aromatic carbocycles. The van der Waals surface area contributed by atoms with Crippen LogP contribution in [0.25, 0.3) is 44.9 Å². The number of nitrogens with zero attached hydrogens (tertiary/aromatic N) is 7. The zero-order valence-electron chi connectivity index (χ0n) is 18.5. The van der Waals surface area contributed by atoms with Gasteiger partial charge in [-0.2, -0.15) is 5.10 Å². The number of fused-ring (bicyclic) bond motifs is 1. The smallest absolute Gasteiger partial charge is 0.219 e. The summed E-state index contributed by atoms with van der Waals surface area (Å²) in [5.41, 5.74) is 11.3. The Morgan fingerprint density at radius 1 is 0.844 bits per heavy atom. The van der Waals surface area contributed by atoms with Gasteiger partial charge in [0.15, 0.2) is 5.82 Å². The number of aromatic nitrogens is 7. The maximum Gasteiger partial charge on any atom is 0.219 e. The van der Waals surface area contributed by atoms with E-state index in [9.17, 15) is 0 Å². The van der Waals surface area contributed by atoms with Crippen LogP contribution in [0.15, 0.2) is 61.2 Å². The molecule has 0 amide bonds. The number of hydrogen-bond acceptors (Lipinski definition) is 6. The minimum Gasteiger partial charge on any atom is -0.368 e. The van der Waals surface area contributed by atoms with E-state index in [2.05, 4.69) is 75.7 Å². The van der Waals surface area contributed by atoms with Crippen molar-refractivity contribution in [3.05, 3.63) is 61.2 Å². The fourth-order valence-corrected chi connectivity index (χ4v) is 4.02. The summed E-state index contributed by atoms with van der Waals surface area (Å²) >= 11 is 0. The maximum absolute atomic E-state index is 5.65. The third-order valence-corrected chi connectivity index (χ3v) is 5.45. The lowest BCUT2D eigenvalue weighted by atomic mass is 10.0. The summed E-state index contributed by atoms with van der Waals surface area (Å²) in [6, 6.07) is 14.4. The topological polar surface area (TPSA) is 100 Å². The molecule has 3 heterocycles. The van der Waals surface area contributed by atoms with Gasteiger partial charge in [-0.3, -0.25) is 0 Å². The fraction of sp³-hybridized carbons (Fsp3) is 0.208. The van der Waals surface area contributed by atoms with Gasteiger partial charge in [0.2, 0.25) is 5.95 Å². The fourth-order valence-electron chi connectivity index (χ4n) is 4.02. The quantitative estimate of drug-likeness (QED) is 0.464. The van der Waals surface area contributed by atoms with Crippen LogP contribution in [0.1, 0.15) is 20.8 Å². The highest BCUT2D eigenvalue weighted by molar-refractivity contribution is 5.88. The summed E-state index contributed by atoms with van der Waals surface area (Å²) in [7, 11) is 1.90. The first kappa shape index (κ1) is 19.9. The number of benzene rings is 2. The molecule has 160 valence electrons. The molecule has 0 fully saturated rings. The van der Waals surface area contributed by atoms with Crippen molar-refractivity contribution in [1.82, 2.24) is 34.3 Å². The van der Waals surface area contributed by atoms with Crippen molar-refractivity contribution in [1.29, 1.82) is 0 Å². The Morgan fingerprint density at radius 3 is 2.16 bits per heavy atom. The molecule has 5 aromatic rings. The Balaban J connectivity index is 1.75. The van der Waals surface area contributed by atoms with Crippen molar-refractivity contribution in [3.8, 4) is 33.9 Å². The van der Waals surface area contributed by atoms with Gasteiger partial charge in [0, 0.05) is 41.7 Å². The van der Waals surface area contributed by atoms with Gasteiger partial charge in [-0.05, 0) is 38.5 Å². The molecular weight excluding hydrogens is 400 g/mol. The first-order valence-electron chi connectivity index (χ1n) is 10.4.